The van der Waals surface area contributed by atoms with Crippen molar-refractivity contribution in [3.8, 4) is 17.0 Å². The molecule has 1 aromatic carbocycles. The Bertz CT molecular complexity index is 531. The minimum Gasteiger partial charge on any atom is -0.496 e. The fourth-order valence-corrected chi connectivity index (χ4v) is 1.72. The molecule has 1 aromatic heterocycles. The first-order valence-electron chi connectivity index (χ1n) is 5.01. The standard InChI is InChI=1S/C12H12ClN3O/c1-17-12-3-2-8(13)6-10(12)11-7-9(16-14)4-5-15-11/h2-7H,14H2,1H3,(H,15,16). The third-order valence-corrected chi connectivity index (χ3v) is 2.60. The van der Waals surface area contributed by atoms with E-state index in [2.05, 4.69) is 10.4 Å². The van der Waals surface area contributed by atoms with Crippen molar-refractivity contribution in [2.45, 2.75) is 0 Å². The van der Waals surface area contributed by atoms with E-state index in [0.29, 0.717) is 5.02 Å². The number of rotatable bonds is 3. The Hall–Kier alpha value is -1.78. The highest BCUT2D eigenvalue weighted by atomic mass is 35.5. The second-order valence-electron chi connectivity index (χ2n) is 3.42. The van der Waals surface area contributed by atoms with Gasteiger partial charge in [0.25, 0.3) is 0 Å². The molecule has 0 unspecified atom stereocenters. The maximum atomic E-state index is 5.97. The van der Waals surface area contributed by atoms with E-state index in [1.165, 1.54) is 0 Å². The van der Waals surface area contributed by atoms with Gasteiger partial charge in [-0.05, 0) is 30.3 Å². The lowest BCUT2D eigenvalue weighted by atomic mass is 10.1. The molecule has 0 bridgehead atoms. The van der Waals surface area contributed by atoms with Crippen LogP contribution in [-0.2, 0) is 0 Å². The highest BCUT2D eigenvalue weighted by Gasteiger charge is 2.08. The zero-order valence-electron chi connectivity index (χ0n) is 9.27. The summed E-state index contributed by atoms with van der Waals surface area (Å²) >= 11 is 5.97. The molecular weight excluding hydrogens is 238 g/mol. The molecule has 88 valence electrons. The Labute approximate surface area is 104 Å². The summed E-state index contributed by atoms with van der Waals surface area (Å²) in [6.45, 7) is 0. The fourth-order valence-electron chi connectivity index (χ4n) is 1.55. The van der Waals surface area contributed by atoms with Crippen molar-refractivity contribution < 1.29 is 4.74 Å². The fraction of sp³-hybridized carbons (Fsp3) is 0.0833. The first kappa shape index (κ1) is 11.7. The first-order valence-corrected chi connectivity index (χ1v) is 5.39. The second-order valence-corrected chi connectivity index (χ2v) is 3.86. The van der Waals surface area contributed by atoms with Crippen molar-refractivity contribution in [3.63, 3.8) is 0 Å². The van der Waals surface area contributed by atoms with Crippen LogP contribution in [0.4, 0.5) is 5.69 Å². The largest absolute Gasteiger partial charge is 0.496 e. The third kappa shape index (κ3) is 2.49. The molecule has 0 spiro atoms. The molecule has 2 aromatic rings. The van der Waals surface area contributed by atoms with E-state index in [4.69, 9.17) is 22.2 Å². The van der Waals surface area contributed by atoms with E-state index < -0.39 is 0 Å². The Kier molecular flexibility index (Phi) is 3.46. The van der Waals surface area contributed by atoms with Crippen LogP contribution >= 0.6 is 11.6 Å². The average molecular weight is 250 g/mol. The molecule has 17 heavy (non-hydrogen) atoms. The number of ether oxygens (including phenoxy) is 1. The van der Waals surface area contributed by atoms with Crippen LogP contribution in [0.3, 0.4) is 0 Å². The van der Waals surface area contributed by atoms with Crippen LogP contribution in [-0.4, -0.2) is 12.1 Å². The molecule has 0 amide bonds. The zero-order chi connectivity index (χ0) is 12.3. The molecule has 0 aliphatic carbocycles. The van der Waals surface area contributed by atoms with Crippen LogP contribution in [0.2, 0.25) is 5.02 Å². The molecule has 0 aliphatic heterocycles. The summed E-state index contributed by atoms with van der Waals surface area (Å²) in [5.74, 6) is 6.08. The molecule has 0 fully saturated rings. The maximum Gasteiger partial charge on any atom is 0.128 e. The summed E-state index contributed by atoms with van der Waals surface area (Å²) in [5.41, 5.74) is 4.93. The molecule has 2 rings (SSSR count). The summed E-state index contributed by atoms with van der Waals surface area (Å²) in [5, 5.41) is 0.633. The van der Waals surface area contributed by atoms with Gasteiger partial charge < -0.3 is 10.2 Å². The SMILES string of the molecule is COc1ccc(Cl)cc1-c1cc(NN)ccn1. The molecule has 4 nitrogen and oxygen atoms in total. The predicted octanol–water partition coefficient (Wildman–Crippen LogP) is 2.70. The monoisotopic (exact) mass is 249 g/mol. The van der Waals surface area contributed by atoms with Gasteiger partial charge in [0.2, 0.25) is 0 Å². The van der Waals surface area contributed by atoms with Gasteiger partial charge in [0.05, 0.1) is 18.5 Å². The molecule has 0 atom stereocenters. The van der Waals surface area contributed by atoms with Crippen molar-refractivity contribution in [1.29, 1.82) is 0 Å². The number of nitrogen functional groups attached to an aromatic ring is 1. The van der Waals surface area contributed by atoms with E-state index in [1.807, 2.05) is 18.2 Å². The Morgan fingerprint density at radius 3 is 2.82 bits per heavy atom. The number of hydrazine groups is 1. The van der Waals surface area contributed by atoms with Gasteiger partial charge in [0, 0.05) is 16.8 Å². The minimum atomic E-state index is 0.633. The number of nitrogens with one attached hydrogen (secondary N) is 1. The highest BCUT2D eigenvalue weighted by Crippen LogP contribution is 2.31. The summed E-state index contributed by atoms with van der Waals surface area (Å²) in [4.78, 5) is 4.27. The number of halogens is 1. The van der Waals surface area contributed by atoms with Gasteiger partial charge in [-0.25, -0.2) is 0 Å². The molecular formula is C12H12ClN3O. The van der Waals surface area contributed by atoms with Crippen LogP contribution in [0, 0.1) is 0 Å². The van der Waals surface area contributed by atoms with Gasteiger partial charge in [0.1, 0.15) is 5.75 Å². The first-order chi connectivity index (χ1) is 8.24. The molecule has 5 heteroatoms. The third-order valence-electron chi connectivity index (χ3n) is 2.36. The van der Waals surface area contributed by atoms with Crippen molar-refractivity contribution in [2.75, 3.05) is 12.5 Å². The quantitative estimate of drug-likeness (QED) is 0.649. The van der Waals surface area contributed by atoms with Crippen LogP contribution in [0.1, 0.15) is 0 Å². The van der Waals surface area contributed by atoms with Crippen LogP contribution in [0.5, 0.6) is 5.75 Å². The zero-order valence-corrected chi connectivity index (χ0v) is 10.0. The Morgan fingerprint density at radius 2 is 2.12 bits per heavy atom. The van der Waals surface area contributed by atoms with Crippen LogP contribution in [0.15, 0.2) is 36.5 Å². The lowest BCUT2D eigenvalue weighted by molar-refractivity contribution is 0.416. The number of hydrogen-bond donors (Lipinski definition) is 2. The smallest absolute Gasteiger partial charge is 0.128 e. The molecule has 1 heterocycles. The van der Waals surface area contributed by atoms with E-state index >= 15 is 0 Å². The number of hydrogen-bond acceptors (Lipinski definition) is 4. The average Bonchev–Trinajstić information content (AvgIpc) is 2.39. The number of nitrogens with two attached hydrogens (primary N) is 1. The summed E-state index contributed by atoms with van der Waals surface area (Å²) in [7, 11) is 1.61. The predicted molar refractivity (Wildman–Crippen MR) is 69.0 cm³/mol. The summed E-state index contributed by atoms with van der Waals surface area (Å²) in [6.07, 6.45) is 1.67. The van der Waals surface area contributed by atoms with Gasteiger partial charge >= 0.3 is 0 Å². The van der Waals surface area contributed by atoms with Crippen molar-refractivity contribution in [2.24, 2.45) is 5.84 Å². The van der Waals surface area contributed by atoms with Gasteiger partial charge in [-0.2, -0.15) is 0 Å². The summed E-state index contributed by atoms with van der Waals surface area (Å²) in [6, 6.07) is 8.99. The molecule has 0 saturated heterocycles. The normalized spacial score (nSPS) is 10.1. The Morgan fingerprint density at radius 1 is 1.29 bits per heavy atom. The van der Waals surface area contributed by atoms with E-state index in [-0.39, 0.29) is 0 Å². The second kappa shape index (κ2) is 5.03. The topological polar surface area (TPSA) is 60.2 Å². The van der Waals surface area contributed by atoms with Gasteiger partial charge in [-0.1, -0.05) is 11.6 Å². The minimum absolute atomic E-state index is 0.633. The van der Waals surface area contributed by atoms with Crippen LogP contribution < -0.4 is 16.0 Å². The number of aromatic nitrogens is 1. The maximum absolute atomic E-state index is 5.97. The van der Waals surface area contributed by atoms with Crippen molar-refractivity contribution >= 4 is 17.3 Å². The molecule has 0 radical (unpaired) electrons. The van der Waals surface area contributed by atoms with Crippen molar-refractivity contribution in [1.82, 2.24) is 4.98 Å². The van der Waals surface area contributed by atoms with E-state index in [9.17, 15) is 0 Å². The molecule has 0 aliphatic rings. The molecule has 3 N–H and O–H groups in total. The van der Waals surface area contributed by atoms with Crippen LogP contribution in [0.25, 0.3) is 11.3 Å². The van der Waals surface area contributed by atoms with Gasteiger partial charge in [-0.3, -0.25) is 10.8 Å². The number of nitrogens with zero attached hydrogens (tertiary/aromatic N) is 1. The van der Waals surface area contributed by atoms with Crippen molar-refractivity contribution in [3.05, 3.63) is 41.6 Å². The lowest BCUT2D eigenvalue weighted by Crippen LogP contribution is -2.06. The van der Waals surface area contributed by atoms with E-state index in [1.54, 1.807) is 25.4 Å². The number of anilines is 1. The van der Waals surface area contributed by atoms with Gasteiger partial charge in [-0.15, -0.1) is 0 Å². The molecule has 0 saturated carbocycles. The lowest BCUT2D eigenvalue weighted by Gasteiger charge is -2.09. The Balaban J connectivity index is 2.54. The summed E-state index contributed by atoms with van der Waals surface area (Å²) < 4.78 is 5.28. The van der Waals surface area contributed by atoms with E-state index in [0.717, 1.165) is 22.7 Å². The number of benzene rings is 1. The highest BCUT2D eigenvalue weighted by molar-refractivity contribution is 6.30. The number of methoxy groups -OCH3 is 1. The van der Waals surface area contributed by atoms with Gasteiger partial charge in [0.15, 0.2) is 0 Å². The number of pyridine rings is 1.